The molecule has 2 heterocycles. The van der Waals surface area contributed by atoms with Gasteiger partial charge in [0, 0.05) is 44.4 Å². The summed E-state index contributed by atoms with van der Waals surface area (Å²) in [4.78, 5) is 10.5. The Bertz CT molecular complexity index is 690. The number of nitrogens with zero attached hydrogens (tertiary/aromatic N) is 3. The standard InChI is InChI=1S/C19H18FN3/c20-19-5-1-3-17(11-19)14-23(13-16-6-9-21-10-7-16)15-18-4-2-8-22-12-18/h1-12H,13-15H2. The normalized spacial score (nSPS) is 10.9. The van der Waals surface area contributed by atoms with Crippen molar-refractivity contribution < 1.29 is 4.39 Å². The van der Waals surface area contributed by atoms with Crippen molar-refractivity contribution >= 4 is 0 Å². The van der Waals surface area contributed by atoms with Gasteiger partial charge in [0.15, 0.2) is 0 Å². The third-order valence-corrected chi connectivity index (χ3v) is 3.58. The summed E-state index contributed by atoms with van der Waals surface area (Å²) in [5.41, 5.74) is 3.28. The summed E-state index contributed by atoms with van der Waals surface area (Å²) in [6.45, 7) is 2.20. The molecule has 0 atom stereocenters. The van der Waals surface area contributed by atoms with Crippen molar-refractivity contribution in [2.75, 3.05) is 0 Å². The zero-order chi connectivity index (χ0) is 15.9. The van der Waals surface area contributed by atoms with Crippen molar-refractivity contribution in [3.63, 3.8) is 0 Å². The fraction of sp³-hybridized carbons (Fsp3) is 0.158. The van der Waals surface area contributed by atoms with E-state index < -0.39 is 0 Å². The number of hydrogen-bond donors (Lipinski definition) is 0. The topological polar surface area (TPSA) is 29.0 Å². The van der Waals surface area contributed by atoms with E-state index in [9.17, 15) is 4.39 Å². The number of benzene rings is 1. The molecule has 0 fully saturated rings. The van der Waals surface area contributed by atoms with Crippen LogP contribution in [-0.2, 0) is 19.6 Å². The molecule has 1 aromatic carbocycles. The maximum Gasteiger partial charge on any atom is 0.123 e. The molecule has 0 unspecified atom stereocenters. The van der Waals surface area contributed by atoms with Gasteiger partial charge in [0.05, 0.1) is 0 Å². The molecule has 0 aliphatic heterocycles. The molecule has 0 saturated carbocycles. The van der Waals surface area contributed by atoms with Crippen LogP contribution in [0.2, 0.25) is 0 Å². The van der Waals surface area contributed by atoms with E-state index in [-0.39, 0.29) is 5.82 Å². The van der Waals surface area contributed by atoms with E-state index in [0.29, 0.717) is 6.54 Å². The van der Waals surface area contributed by atoms with E-state index in [2.05, 4.69) is 20.9 Å². The predicted molar refractivity (Wildman–Crippen MR) is 87.8 cm³/mol. The number of pyridine rings is 2. The van der Waals surface area contributed by atoms with Crippen molar-refractivity contribution in [1.29, 1.82) is 0 Å². The Hall–Kier alpha value is -2.59. The molecule has 0 aliphatic carbocycles. The molecule has 3 nitrogen and oxygen atoms in total. The second-order valence-corrected chi connectivity index (χ2v) is 5.49. The van der Waals surface area contributed by atoms with E-state index >= 15 is 0 Å². The lowest BCUT2D eigenvalue weighted by Gasteiger charge is -2.22. The highest BCUT2D eigenvalue weighted by Gasteiger charge is 2.09. The molecule has 0 N–H and O–H groups in total. The van der Waals surface area contributed by atoms with Gasteiger partial charge in [0.2, 0.25) is 0 Å². The minimum Gasteiger partial charge on any atom is -0.291 e. The van der Waals surface area contributed by atoms with Crippen LogP contribution in [0.4, 0.5) is 4.39 Å². The van der Waals surface area contributed by atoms with E-state index in [1.165, 1.54) is 11.6 Å². The van der Waals surface area contributed by atoms with Crippen molar-refractivity contribution in [2.45, 2.75) is 19.6 Å². The first-order valence-electron chi connectivity index (χ1n) is 7.54. The zero-order valence-corrected chi connectivity index (χ0v) is 12.8. The van der Waals surface area contributed by atoms with E-state index in [0.717, 1.165) is 24.2 Å². The van der Waals surface area contributed by atoms with Gasteiger partial charge in [-0.2, -0.15) is 0 Å². The minimum atomic E-state index is -0.201. The first kappa shape index (κ1) is 15.3. The van der Waals surface area contributed by atoms with Crippen LogP contribution in [-0.4, -0.2) is 14.9 Å². The van der Waals surface area contributed by atoms with Crippen LogP contribution in [0.1, 0.15) is 16.7 Å². The van der Waals surface area contributed by atoms with E-state index in [4.69, 9.17) is 0 Å². The van der Waals surface area contributed by atoms with Gasteiger partial charge in [-0.1, -0.05) is 18.2 Å². The average molecular weight is 307 g/mol. The Balaban J connectivity index is 1.77. The highest BCUT2D eigenvalue weighted by Crippen LogP contribution is 2.14. The number of halogens is 1. The van der Waals surface area contributed by atoms with Crippen molar-refractivity contribution in [3.05, 3.63) is 95.8 Å². The van der Waals surface area contributed by atoms with Crippen LogP contribution >= 0.6 is 0 Å². The van der Waals surface area contributed by atoms with Gasteiger partial charge < -0.3 is 0 Å². The Labute approximate surface area is 135 Å². The molecule has 116 valence electrons. The fourth-order valence-corrected chi connectivity index (χ4v) is 2.56. The first-order chi connectivity index (χ1) is 11.3. The zero-order valence-electron chi connectivity index (χ0n) is 12.8. The minimum absolute atomic E-state index is 0.201. The van der Waals surface area contributed by atoms with Gasteiger partial charge in [-0.05, 0) is 47.0 Å². The van der Waals surface area contributed by atoms with Gasteiger partial charge in [0.1, 0.15) is 5.82 Å². The third kappa shape index (κ3) is 4.69. The molecule has 0 amide bonds. The van der Waals surface area contributed by atoms with Crippen LogP contribution in [0.3, 0.4) is 0 Å². The second-order valence-electron chi connectivity index (χ2n) is 5.49. The Kier molecular flexibility index (Phi) is 5.06. The van der Waals surface area contributed by atoms with E-state index in [1.807, 2.05) is 30.5 Å². The summed E-state index contributed by atoms with van der Waals surface area (Å²) in [5.74, 6) is -0.201. The summed E-state index contributed by atoms with van der Waals surface area (Å²) in [6.07, 6.45) is 7.22. The highest BCUT2D eigenvalue weighted by molar-refractivity contribution is 5.18. The van der Waals surface area contributed by atoms with Crippen molar-refractivity contribution in [1.82, 2.24) is 14.9 Å². The maximum atomic E-state index is 13.4. The monoisotopic (exact) mass is 307 g/mol. The second kappa shape index (κ2) is 7.61. The Morgan fingerprint density at radius 2 is 1.48 bits per heavy atom. The SMILES string of the molecule is Fc1cccc(CN(Cc2ccncc2)Cc2cccnc2)c1. The smallest absolute Gasteiger partial charge is 0.123 e. The highest BCUT2D eigenvalue weighted by atomic mass is 19.1. The van der Waals surface area contributed by atoms with Crippen LogP contribution < -0.4 is 0 Å². The largest absolute Gasteiger partial charge is 0.291 e. The third-order valence-electron chi connectivity index (χ3n) is 3.58. The summed E-state index contributed by atoms with van der Waals surface area (Å²) in [5, 5.41) is 0. The van der Waals surface area contributed by atoms with Crippen molar-refractivity contribution in [2.24, 2.45) is 0 Å². The van der Waals surface area contributed by atoms with Crippen LogP contribution in [0.5, 0.6) is 0 Å². The lowest BCUT2D eigenvalue weighted by atomic mass is 10.1. The Morgan fingerprint density at radius 1 is 0.739 bits per heavy atom. The Morgan fingerprint density at radius 3 is 2.22 bits per heavy atom. The molecule has 0 radical (unpaired) electrons. The average Bonchev–Trinajstić information content (AvgIpc) is 2.57. The molecule has 23 heavy (non-hydrogen) atoms. The van der Waals surface area contributed by atoms with Gasteiger partial charge in [-0.3, -0.25) is 14.9 Å². The van der Waals surface area contributed by atoms with Crippen LogP contribution in [0, 0.1) is 5.82 Å². The van der Waals surface area contributed by atoms with Crippen LogP contribution in [0.15, 0.2) is 73.3 Å². The molecule has 3 rings (SSSR count). The maximum absolute atomic E-state index is 13.4. The number of rotatable bonds is 6. The van der Waals surface area contributed by atoms with E-state index in [1.54, 1.807) is 30.7 Å². The molecule has 0 spiro atoms. The predicted octanol–water partition coefficient (Wildman–Crippen LogP) is 3.82. The lowest BCUT2D eigenvalue weighted by molar-refractivity contribution is 0.247. The molecule has 3 aromatic rings. The van der Waals surface area contributed by atoms with Gasteiger partial charge in [-0.25, -0.2) is 4.39 Å². The summed E-state index contributed by atoms with van der Waals surface area (Å²) < 4.78 is 13.4. The van der Waals surface area contributed by atoms with Gasteiger partial charge >= 0.3 is 0 Å². The van der Waals surface area contributed by atoms with Gasteiger partial charge in [0.25, 0.3) is 0 Å². The quantitative estimate of drug-likeness (QED) is 0.693. The molecule has 0 aliphatic rings. The molecule has 0 bridgehead atoms. The first-order valence-corrected chi connectivity index (χ1v) is 7.54. The molecule has 0 saturated heterocycles. The number of hydrogen-bond acceptors (Lipinski definition) is 3. The molecule has 2 aromatic heterocycles. The molecular formula is C19H18FN3. The summed E-state index contributed by atoms with van der Waals surface area (Å²) in [7, 11) is 0. The molecular weight excluding hydrogens is 289 g/mol. The lowest BCUT2D eigenvalue weighted by Crippen LogP contribution is -2.22. The number of aromatic nitrogens is 2. The van der Waals surface area contributed by atoms with Gasteiger partial charge in [-0.15, -0.1) is 0 Å². The summed E-state index contributed by atoms with van der Waals surface area (Å²) in [6, 6.07) is 14.7. The van der Waals surface area contributed by atoms with Crippen LogP contribution in [0.25, 0.3) is 0 Å². The summed E-state index contributed by atoms with van der Waals surface area (Å²) >= 11 is 0. The fourth-order valence-electron chi connectivity index (χ4n) is 2.56. The van der Waals surface area contributed by atoms with Crippen molar-refractivity contribution in [3.8, 4) is 0 Å². The molecule has 4 heteroatoms.